The molecule has 0 aromatic carbocycles. The fourth-order valence-corrected chi connectivity index (χ4v) is 0.975. The molecule has 11 heavy (non-hydrogen) atoms. The molecule has 0 spiro atoms. The Hall–Kier alpha value is 0.270. The molecule has 0 aliphatic carbocycles. The monoisotopic (exact) mass is 177 g/mol. The summed E-state index contributed by atoms with van der Waals surface area (Å²) in [5.74, 6) is 1.10. The first-order chi connectivity index (χ1) is 5.41. The molecule has 2 nitrogen and oxygen atoms in total. The van der Waals surface area contributed by atoms with Gasteiger partial charge < -0.3 is 10.1 Å². The van der Waals surface area contributed by atoms with E-state index in [9.17, 15) is 0 Å². The van der Waals surface area contributed by atoms with Crippen molar-refractivity contribution in [2.24, 2.45) is 0 Å². The van der Waals surface area contributed by atoms with Gasteiger partial charge in [0.1, 0.15) is 0 Å². The Bertz CT molecular complexity index is 63.1. The maximum atomic E-state index is 5.34. The average molecular weight is 177 g/mol. The number of hydrogen-bond donors (Lipinski definition) is 1. The second-order valence-corrected chi connectivity index (χ2v) is 3.34. The van der Waals surface area contributed by atoms with Gasteiger partial charge in [-0.05, 0) is 19.2 Å². The maximum absolute atomic E-state index is 5.34. The second kappa shape index (κ2) is 10.3. The molecule has 0 bridgehead atoms. The topological polar surface area (TPSA) is 21.3 Å². The molecular weight excluding hydrogens is 158 g/mol. The zero-order valence-electron chi connectivity index (χ0n) is 7.56. The molecule has 0 aliphatic heterocycles. The Kier molecular flexibility index (Phi) is 10.5. The highest BCUT2D eigenvalue weighted by molar-refractivity contribution is 7.98. The minimum absolute atomic E-state index is 0.848. The van der Waals surface area contributed by atoms with Crippen LogP contribution in [0.1, 0.15) is 13.3 Å². The first kappa shape index (κ1) is 11.3. The largest absolute Gasteiger partial charge is 0.379 e. The first-order valence-electron chi connectivity index (χ1n) is 4.19. The predicted octanol–water partition coefficient (Wildman–Crippen LogP) is 1.37. The highest BCUT2D eigenvalue weighted by Gasteiger charge is 1.86. The normalized spacial score (nSPS) is 10.4. The zero-order chi connectivity index (χ0) is 8.36. The molecular formula is C8H19NOS. The van der Waals surface area contributed by atoms with Crippen LogP contribution in [0.3, 0.4) is 0 Å². The summed E-state index contributed by atoms with van der Waals surface area (Å²) in [6, 6.07) is 0. The summed E-state index contributed by atoms with van der Waals surface area (Å²) in [4.78, 5) is 0. The zero-order valence-corrected chi connectivity index (χ0v) is 8.38. The lowest BCUT2D eigenvalue weighted by atomic mass is 10.5. The molecule has 0 radical (unpaired) electrons. The van der Waals surface area contributed by atoms with E-state index >= 15 is 0 Å². The third kappa shape index (κ3) is 10.3. The fourth-order valence-electron chi connectivity index (χ4n) is 0.690. The number of rotatable bonds is 8. The van der Waals surface area contributed by atoms with Gasteiger partial charge in [-0.2, -0.15) is 11.8 Å². The van der Waals surface area contributed by atoms with Crippen molar-refractivity contribution in [1.82, 2.24) is 5.32 Å². The van der Waals surface area contributed by atoms with Crippen LogP contribution in [0.25, 0.3) is 0 Å². The predicted molar refractivity (Wildman–Crippen MR) is 52.4 cm³/mol. The van der Waals surface area contributed by atoms with Crippen molar-refractivity contribution >= 4 is 11.8 Å². The fraction of sp³-hybridized carbons (Fsp3) is 1.00. The van der Waals surface area contributed by atoms with Crippen molar-refractivity contribution in [3.05, 3.63) is 0 Å². The maximum Gasteiger partial charge on any atom is 0.0591 e. The number of nitrogens with one attached hydrogen (secondary N) is 1. The molecule has 0 saturated carbocycles. The van der Waals surface area contributed by atoms with Crippen molar-refractivity contribution in [3.8, 4) is 0 Å². The van der Waals surface area contributed by atoms with Crippen LogP contribution in [0.15, 0.2) is 0 Å². The van der Waals surface area contributed by atoms with Crippen LogP contribution in [0.5, 0.6) is 0 Å². The summed E-state index contributed by atoms with van der Waals surface area (Å²) in [5, 5.41) is 3.28. The van der Waals surface area contributed by atoms with E-state index < -0.39 is 0 Å². The Morgan fingerprint density at radius 1 is 1.27 bits per heavy atom. The lowest BCUT2D eigenvalue weighted by molar-refractivity contribution is 0.152. The van der Waals surface area contributed by atoms with E-state index in [-0.39, 0.29) is 0 Å². The van der Waals surface area contributed by atoms with Crippen LogP contribution in [0.4, 0.5) is 0 Å². The Morgan fingerprint density at radius 3 is 2.73 bits per heavy atom. The number of ether oxygens (including phenoxy) is 1. The Morgan fingerprint density at radius 2 is 2.09 bits per heavy atom. The standard InChI is InChI=1S/C8H19NOS/c1-3-4-9-5-6-10-7-8-11-2/h9H,3-8H2,1-2H3. The van der Waals surface area contributed by atoms with Gasteiger partial charge >= 0.3 is 0 Å². The molecule has 0 aromatic rings. The van der Waals surface area contributed by atoms with Crippen LogP contribution in [0, 0.1) is 0 Å². The molecule has 0 rings (SSSR count). The van der Waals surface area contributed by atoms with Crippen molar-refractivity contribution in [2.45, 2.75) is 13.3 Å². The van der Waals surface area contributed by atoms with E-state index in [0.717, 1.165) is 32.1 Å². The van der Waals surface area contributed by atoms with Gasteiger partial charge in [-0.3, -0.25) is 0 Å². The molecule has 0 atom stereocenters. The lowest BCUT2D eigenvalue weighted by Crippen LogP contribution is -2.20. The van der Waals surface area contributed by atoms with Crippen LogP contribution in [-0.4, -0.2) is 38.3 Å². The van der Waals surface area contributed by atoms with Crippen molar-refractivity contribution in [3.63, 3.8) is 0 Å². The van der Waals surface area contributed by atoms with Crippen molar-refractivity contribution in [2.75, 3.05) is 38.3 Å². The van der Waals surface area contributed by atoms with Gasteiger partial charge in [-0.25, -0.2) is 0 Å². The number of hydrogen-bond acceptors (Lipinski definition) is 3. The second-order valence-electron chi connectivity index (χ2n) is 2.36. The third-order valence-corrected chi connectivity index (χ3v) is 1.86. The smallest absolute Gasteiger partial charge is 0.0591 e. The first-order valence-corrected chi connectivity index (χ1v) is 5.58. The van der Waals surface area contributed by atoms with Gasteiger partial charge in [-0.1, -0.05) is 6.92 Å². The molecule has 68 valence electrons. The molecule has 0 heterocycles. The van der Waals surface area contributed by atoms with Crippen molar-refractivity contribution < 1.29 is 4.74 Å². The number of thioether (sulfide) groups is 1. The SMILES string of the molecule is CCCNCCOCCSC. The molecule has 0 aliphatic rings. The highest BCUT2D eigenvalue weighted by Crippen LogP contribution is 1.89. The van der Waals surface area contributed by atoms with Gasteiger partial charge in [0.15, 0.2) is 0 Å². The van der Waals surface area contributed by atoms with Crippen LogP contribution in [0.2, 0.25) is 0 Å². The van der Waals surface area contributed by atoms with E-state index in [1.807, 2.05) is 11.8 Å². The van der Waals surface area contributed by atoms with Crippen molar-refractivity contribution in [1.29, 1.82) is 0 Å². The summed E-state index contributed by atoms with van der Waals surface area (Å²) in [7, 11) is 0. The minimum atomic E-state index is 0.848. The Labute approximate surface area is 74.1 Å². The van der Waals surface area contributed by atoms with Gasteiger partial charge in [0.2, 0.25) is 0 Å². The van der Waals surface area contributed by atoms with Gasteiger partial charge in [-0.15, -0.1) is 0 Å². The molecule has 0 aromatic heterocycles. The summed E-state index contributed by atoms with van der Waals surface area (Å²) in [5.41, 5.74) is 0. The van der Waals surface area contributed by atoms with E-state index in [0.29, 0.717) is 0 Å². The summed E-state index contributed by atoms with van der Waals surface area (Å²) in [6.07, 6.45) is 3.30. The minimum Gasteiger partial charge on any atom is -0.379 e. The summed E-state index contributed by atoms with van der Waals surface area (Å²) < 4.78 is 5.34. The molecule has 0 saturated heterocycles. The third-order valence-electron chi connectivity index (χ3n) is 1.28. The quantitative estimate of drug-likeness (QED) is 0.566. The highest BCUT2D eigenvalue weighted by atomic mass is 32.2. The van der Waals surface area contributed by atoms with Gasteiger partial charge in [0.25, 0.3) is 0 Å². The van der Waals surface area contributed by atoms with Crippen LogP contribution in [-0.2, 0) is 4.74 Å². The summed E-state index contributed by atoms with van der Waals surface area (Å²) >= 11 is 1.82. The summed E-state index contributed by atoms with van der Waals surface area (Å²) in [6.45, 7) is 5.99. The average Bonchev–Trinajstić information content (AvgIpc) is 2.03. The van der Waals surface area contributed by atoms with Crippen LogP contribution < -0.4 is 5.32 Å². The Balaban J connectivity index is 2.69. The molecule has 0 fully saturated rings. The molecule has 1 N–H and O–H groups in total. The molecule has 0 amide bonds. The van der Waals surface area contributed by atoms with Gasteiger partial charge in [0, 0.05) is 12.3 Å². The van der Waals surface area contributed by atoms with Gasteiger partial charge in [0.05, 0.1) is 13.2 Å². The molecule has 0 unspecified atom stereocenters. The lowest BCUT2D eigenvalue weighted by Gasteiger charge is -2.03. The van der Waals surface area contributed by atoms with Crippen LogP contribution >= 0.6 is 11.8 Å². The van der Waals surface area contributed by atoms with E-state index in [4.69, 9.17) is 4.74 Å². The van der Waals surface area contributed by atoms with E-state index in [2.05, 4.69) is 18.5 Å². The van der Waals surface area contributed by atoms with E-state index in [1.165, 1.54) is 6.42 Å². The van der Waals surface area contributed by atoms with E-state index in [1.54, 1.807) is 0 Å². The molecule has 3 heteroatoms.